The van der Waals surface area contributed by atoms with E-state index in [1.807, 2.05) is 79.7 Å². The Balaban J connectivity index is 1.49. The van der Waals surface area contributed by atoms with Crippen LogP contribution in [0.15, 0.2) is 104 Å². The molecule has 250 valence electrons. The van der Waals surface area contributed by atoms with Crippen molar-refractivity contribution in [3.63, 3.8) is 0 Å². The van der Waals surface area contributed by atoms with Crippen LogP contribution in [-0.4, -0.2) is 67.9 Å². The molecule has 3 fully saturated rings. The highest BCUT2D eigenvalue weighted by molar-refractivity contribution is 8.02. The highest BCUT2D eigenvalue weighted by Crippen LogP contribution is 2.72. The average Bonchev–Trinajstić information content (AvgIpc) is 3.65. The molecule has 0 saturated carbocycles. The number of nitrogens with zero attached hydrogens (tertiary/aromatic N) is 3. The first-order chi connectivity index (χ1) is 23.1. The number of carbonyl (C=O) groups excluding carboxylic acids is 3. The molecule has 0 radical (unpaired) electrons. The van der Waals surface area contributed by atoms with Crippen LogP contribution >= 0.6 is 23.4 Å². The maximum atomic E-state index is 15.3. The maximum Gasteiger partial charge on any atom is 0.251 e. The van der Waals surface area contributed by atoms with Crippen molar-refractivity contribution < 1.29 is 19.5 Å². The van der Waals surface area contributed by atoms with E-state index in [-0.39, 0.29) is 30.9 Å². The van der Waals surface area contributed by atoms with Gasteiger partial charge in [0.05, 0.1) is 39.9 Å². The van der Waals surface area contributed by atoms with Crippen molar-refractivity contribution in [2.75, 3.05) is 24.6 Å². The van der Waals surface area contributed by atoms with E-state index in [0.717, 1.165) is 16.7 Å². The zero-order valence-corrected chi connectivity index (χ0v) is 29.0. The van der Waals surface area contributed by atoms with Crippen LogP contribution in [0.3, 0.4) is 0 Å². The highest BCUT2D eigenvalue weighted by Gasteiger charge is 2.78. The molecule has 9 heteroatoms. The zero-order valence-electron chi connectivity index (χ0n) is 27.4. The van der Waals surface area contributed by atoms with Gasteiger partial charge >= 0.3 is 0 Å². The van der Waals surface area contributed by atoms with Crippen LogP contribution in [0.25, 0.3) is 0 Å². The molecule has 0 aromatic heterocycles. The van der Waals surface area contributed by atoms with Crippen molar-refractivity contribution in [1.29, 1.82) is 0 Å². The van der Waals surface area contributed by atoms with Gasteiger partial charge in [-0.2, -0.15) is 0 Å². The summed E-state index contributed by atoms with van der Waals surface area (Å²) in [5, 5.41) is 11.4. The number of aryl methyl sites for hydroxylation is 1. The van der Waals surface area contributed by atoms with Gasteiger partial charge in [-0.1, -0.05) is 96.5 Å². The minimum atomic E-state index is -0.963. The van der Waals surface area contributed by atoms with Gasteiger partial charge < -0.3 is 19.8 Å². The van der Waals surface area contributed by atoms with E-state index in [0.29, 0.717) is 36.6 Å². The number of rotatable bonds is 12. The molecule has 3 amide bonds. The fraction of sp³-hybridized carbons (Fsp3) is 0.359. The third-order valence-electron chi connectivity index (χ3n) is 10.3. The normalized spacial score (nSPS) is 26.2. The molecule has 3 aliphatic rings. The Morgan fingerprint density at radius 2 is 1.67 bits per heavy atom. The van der Waals surface area contributed by atoms with Gasteiger partial charge in [0.25, 0.3) is 5.91 Å². The molecule has 6 atom stereocenters. The number of hydrogen-bond donors (Lipinski definition) is 1. The van der Waals surface area contributed by atoms with Gasteiger partial charge in [0.2, 0.25) is 11.8 Å². The number of anilines is 1. The number of fused-ring (bicyclic) bond motifs is 1. The molecule has 3 aliphatic heterocycles. The summed E-state index contributed by atoms with van der Waals surface area (Å²) in [4.78, 5) is 50.1. The van der Waals surface area contributed by atoms with E-state index in [4.69, 9.17) is 11.6 Å². The lowest BCUT2D eigenvalue weighted by atomic mass is 9.66. The third-order valence-corrected chi connectivity index (χ3v) is 12.6. The van der Waals surface area contributed by atoms with E-state index in [1.165, 1.54) is 0 Å². The van der Waals surface area contributed by atoms with Crippen molar-refractivity contribution in [2.24, 2.45) is 11.8 Å². The fourth-order valence-electron chi connectivity index (χ4n) is 8.31. The zero-order chi connectivity index (χ0) is 34.2. The molecule has 3 aromatic carbocycles. The second-order valence-corrected chi connectivity index (χ2v) is 15.5. The van der Waals surface area contributed by atoms with E-state index >= 15 is 9.59 Å². The predicted octanol–water partition coefficient (Wildman–Crippen LogP) is 6.60. The lowest BCUT2D eigenvalue weighted by Gasteiger charge is -2.40. The summed E-state index contributed by atoms with van der Waals surface area (Å²) in [5.41, 5.74) is 3.08. The Hall–Kier alpha value is -3.85. The lowest BCUT2D eigenvalue weighted by Crippen LogP contribution is -2.56. The third kappa shape index (κ3) is 5.57. The van der Waals surface area contributed by atoms with Gasteiger partial charge in [-0.25, -0.2) is 0 Å². The number of hydrogen-bond acceptors (Lipinski definition) is 5. The first-order valence-corrected chi connectivity index (χ1v) is 17.6. The van der Waals surface area contributed by atoms with Crippen LogP contribution in [0.4, 0.5) is 5.69 Å². The monoisotopic (exact) mass is 683 g/mol. The number of amides is 3. The van der Waals surface area contributed by atoms with E-state index < -0.39 is 33.4 Å². The van der Waals surface area contributed by atoms with E-state index in [2.05, 4.69) is 20.1 Å². The lowest BCUT2D eigenvalue weighted by molar-refractivity contribution is -0.146. The minimum absolute atomic E-state index is 0.119. The summed E-state index contributed by atoms with van der Waals surface area (Å²) in [6.07, 6.45) is 4.62. The first-order valence-electron chi connectivity index (χ1n) is 16.4. The number of benzene rings is 3. The van der Waals surface area contributed by atoms with Gasteiger partial charge in [-0.05, 0) is 49.4 Å². The molecule has 3 aromatic rings. The molecular formula is C39H42ClN3O4S. The second kappa shape index (κ2) is 13.6. The number of thioether (sulfide) groups is 1. The number of likely N-dealkylation sites (tertiary alicyclic amines) is 1. The van der Waals surface area contributed by atoms with Crippen molar-refractivity contribution in [3.8, 4) is 0 Å². The van der Waals surface area contributed by atoms with Crippen LogP contribution < -0.4 is 4.90 Å². The van der Waals surface area contributed by atoms with E-state index in [1.54, 1.807) is 44.7 Å². The fourth-order valence-corrected chi connectivity index (χ4v) is 11.0. The standard InChI is InChI=1S/C39H42ClN3O4S/c1-5-22-41(24-27-15-9-7-10-16-27)35(45)31-32-36(46)43(30(25-44)28-17-11-8-12-18-28)34(39(32)21-20-38(31,4)48-39)37(47)42(23-6-2)33-26(3)14-13-19-29(33)40/h5-19,30-32,34,44H,1-2,20-25H2,3-4H3/t30-,31+,32+,34?,38-,39?/m1/s1. The van der Waals surface area contributed by atoms with Gasteiger partial charge in [0.15, 0.2) is 0 Å². The average molecular weight is 684 g/mol. The van der Waals surface area contributed by atoms with Crippen LogP contribution in [0, 0.1) is 18.8 Å². The molecule has 0 aliphatic carbocycles. The van der Waals surface area contributed by atoms with Crippen molar-refractivity contribution in [1.82, 2.24) is 9.80 Å². The minimum Gasteiger partial charge on any atom is -0.394 e. The number of halogens is 1. The molecule has 2 unspecified atom stereocenters. The summed E-state index contributed by atoms with van der Waals surface area (Å²) < 4.78 is -1.46. The molecular weight excluding hydrogens is 642 g/mol. The molecule has 3 heterocycles. The Morgan fingerprint density at radius 3 is 2.29 bits per heavy atom. The van der Waals surface area contributed by atoms with E-state index in [9.17, 15) is 9.90 Å². The Kier molecular flexibility index (Phi) is 9.62. The number of carbonyl (C=O) groups is 3. The summed E-state index contributed by atoms with van der Waals surface area (Å²) in [7, 11) is 0. The summed E-state index contributed by atoms with van der Waals surface area (Å²) in [5.74, 6) is -2.13. The molecule has 48 heavy (non-hydrogen) atoms. The maximum absolute atomic E-state index is 15.3. The molecule has 6 rings (SSSR count). The molecule has 2 bridgehead atoms. The molecule has 1 spiro atoms. The van der Waals surface area contributed by atoms with Gasteiger partial charge in [0, 0.05) is 24.4 Å². The Bertz CT molecular complexity index is 1700. The molecule has 1 N–H and O–H groups in total. The van der Waals surface area contributed by atoms with Crippen LogP contribution in [0.5, 0.6) is 0 Å². The number of para-hydroxylation sites is 1. The quantitative estimate of drug-likeness (QED) is 0.218. The number of aliphatic hydroxyl groups excluding tert-OH is 1. The predicted molar refractivity (Wildman–Crippen MR) is 193 cm³/mol. The van der Waals surface area contributed by atoms with Crippen LogP contribution in [-0.2, 0) is 20.9 Å². The number of aliphatic hydroxyl groups is 1. The van der Waals surface area contributed by atoms with Gasteiger partial charge in [-0.15, -0.1) is 24.9 Å². The SMILES string of the molecule is C=CCN(Cc1ccccc1)C(=O)[C@@H]1[C@H]2C(=O)N([C@H](CO)c3ccccc3)C(C(=O)N(CC=C)c3c(C)cccc3Cl)C23CC[C@@]1(C)S3. The van der Waals surface area contributed by atoms with Crippen LogP contribution in [0.2, 0.25) is 5.02 Å². The van der Waals surface area contributed by atoms with Crippen LogP contribution in [0.1, 0.15) is 42.5 Å². The topological polar surface area (TPSA) is 81.2 Å². The molecule has 7 nitrogen and oxygen atoms in total. The Morgan fingerprint density at radius 1 is 1.00 bits per heavy atom. The van der Waals surface area contributed by atoms with Gasteiger partial charge in [-0.3, -0.25) is 14.4 Å². The van der Waals surface area contributed by atoms with Crippen molar-refractivity contribution in [3.05, 3.63) is 126 Å². The van der Waals surface area contributed by atoms with Gasteiger partial charge in [0.1, 0.15) is 6.04 Å². The molecule has 3 saturated heterocycles. The summed E-state index contributed by atoms with van der Waals surface area (Å²) in [6.45, 7) is 12.3. The van der Waals surface area contributed by atoms with Crippen molar-refractivity contribution in [2.45, 2.75) is 54.8 Å². The summed E-state index contributed by atoms with van der Waals surface area (Å²) >= 11 is 8.37. The summed E-state index contributed by atoms with van der Waals surface area (Å²) in [6, 6.07) is 22.8. The highest BCUT2D eigenvalue weighted by atomic mass is 35.5. The second-order valence-electron chi connectivity index (χ2n) is 13.2. The Labute approximate surface area is 292 Å². The smallest absolute Gasteiger partial charge is 0.251 e. The largest absolute Gasteiger partial charge is 0.394 e. The van der Waals surface area contributed by atoms with Crippen molar-refractivity contribution >= 4 is 46.8 Å². The first kappa shape index (κ1) is 34.0.